The summed E-state index contributed by atoms with van der Waals surface area (Å²) in [5, 5.41) is 8.94. The number of carbonyl (C=O) groups is 1. The Morgan fingerprint density at radius 3 is 2.72 bits per heavy atom. The summed E-state index contributed by atoms with van der Waals surface area (Å²) in [7, 11) is 0. The summed E-state index contributed by atoms with van der Waals surface area (Å²) < 4.78 is 18.7. The van der Waals surface area contributed by atoms with Gasteiger partial charge in [0.15, 0.2) is 11.6 Å². The first-order valence-corrected chi connectivity index (χ1v) is 5.95. The molecule has 3 nitrogen and oxygen atoms in total. The molecule has 0 unspecified atom stereocenters. The van der Waals surface area contributed by atoms with Crippen molar-refractivity contribution in [2.75, 3.05) is 6.61 Å². The van der Waals surface area contributed by atoms with Crippen LogP contribution in [-0.4, -0.2) is 17.7 Å². The Morgan fingerprint density at radius 1 is 1.44 bits per heavy atom. The number of carboxylic acid groups (broad SMARTS) is 1. The molecule has 100 valence electrons. The van der Waals surface area contributed by atoms with Gasteiger partial charge in [-0.2, -0.15) is 0 Å². The minimum absolute atomic E-state index is 0.225. The van der Waals surface area contributed by atoms with Crippen LogP contribution in [0.3, 0.4) is 0 Å². The number of hydrogen-bond donors (Lipinski definition) is 1. The second-order valence-corrected chi connectivity index (χ2v) is 5.07. The number of ether oxygens (including phenoxy) is 1. The Morgan fingerprint density at radius 2 is 2.11 bits per heavy atom. The lowest BCUT2D eigenvalue weighted by atomic mass is 9.88. The van der Waals surface area contributed by atoms with Gasteiger partial charge in [0.05, 0.1) is 12.0 Å². The fraction of sp³-hybridized carbons (Fsp3) is 0.500. The standard InChI is InChI=1S/C14H19FO3/c1-10-5-6-11(15)12(9-10)18-8-4-7-14(2,3)13(16)17/h5-6,9H,4,7-8H2,1-3H3,(H,16,17). The molecule has 1 N–H and O–H groups in total. The monoisotopic (exact) mass is 254 g/mol. The van der Waals surface area contributed by atoms with Gasteiger partial charge in [-0.1, -0.05) is 6.07 Å². The number of benzene rings is 1. The van der Waals surface area contributed by atoms with Crippen LogP contribution in [0.15, 0.2) is 18.2 Å². The number of hydrogen-bond acceptors (Lipinski definition) is 2. The summed E-state index contributed by atoms with van der Waals surface area (Å²) in [6.45, 7) is 5.52. The van der Waals surface area contributed by atoms with Gasteiger partial charge in [0.2, 0.25) is 0 Å². The highest BCUT2D eigenvalue weighted by atomic mass is 19.1. The zero-order valence-electron chi connectivity index (χ0n) is 11.0. The van der Waals surface area contributed by atoms with E-state index in [-0.39, 0.29) is 5.75 Å². The second-order valence-electron chi connectivity index (χ2n) is 5.07. The summed E-state index contributed by atoms with van der Waals surface area (Å²) in [4.78, 5) is 10.9. The molecule has 0 aliphatic carbocycles. The smallest absolute Gasteiger partial charge is 0.309 e. The minimum Gasteiger partial charge on any atom is -0.491 e. The zero-order chi connectivity index (χ0) is 13.8. The predicted octanol–water partition coefficient (Wildman–Crippen LogP) is 3.40. The van der Waals surface area contributed by atoms with E-state index in [4.69, 9.17) is 9.84 Å². The van der Waals surface area contributed by atoms with E-state index < -0.39 is 17.2 Å². The molecule has 0 aliphatic heterocycles. The third kappa shape index (κ3) is 4.02. The molecule has 0 spiro atoms. The molecule has 0 bridgehead atoms. The average Bonchev–Trinajstić information content (AvgIpc) is 2.28. The molecule has 0 heterocycles. The molecular formula is C14H19FO3. The third-order valence-electron chi connectivity index (χ3n) is 2.87. The van der Waals surface area contributed by atoms with Crippen LogP contribution in [0.5, 0.6) is 5.75 Å². The van der Waals surface area contributed by atoms with Gasteiger partial charge in [-0.15, -0.1) is 0 Å². The van der Waals surface area contributed by atoms with Crippen molar-refractivity contribution in [2.24, 2.45) is 5.41 Å². The summed E-state index contributed by atoms with van der Waals surface area (Å²) >= 11 is 0. The van der Waals surface area contributed by atoms with Crippen LogP contribution in [0, 0.1) is 18.2 Å². The van der Waals surface area contributed by atoms with E-state index in [2.05, 4.69) is 0 Å². The first kappa shape index (κ1) is 14.5. The third-order valence-corrected chi connectivity index (χ3v) is 2.87. The van der Waals surface area contributed by atoms with Gasteiger partial charge in [-0.3, -0.25) is 4.79 Å². The largest absolute Gasteiger partial charge is 0.491 e. The highest BCUT2D eigenvalue weighted by molar-refractivity contribution is 5.73. The molecule has 4 heteroatoms. The predicted molar refractivity (Wildman–Crippen MR) is 67.3 cm³/mol. The van der Waals surface area contributed by atoms with Gasteiger partial charge in [-0.25, -0.2) is 4.39 Å². The first-order chi connectivity index (χ1) is 8.33. The van der Waals surface area contributed by atoms with Gasteiger partial charge in [-0.05, 0) is 51.3 Å². The van der Waals surface area contributed by atoms with Crippen LogP contribution in [0.1, 0.15) is 32.3 Å². The van der Waals surface area contributed by atoms with E-state index in [0.717, 1.165) is 5.56 Å². The maximum atomic E-state index is 13.3. The summed E-state index contributed by atoms with van der Waals surface area (Å²) in [5.74, 6) is -0.995. The van der Waals surface area contributed by atoms with Crippen molar-refractivity contribution in [3.63, 3.8) is 0 Å². The van der Waals surface area contributed by atoms with Gasteiger partial charge < -0.3 is 9.84 Å². The molecule has 0 aliphatic rings. The van der Waals surface area contributed by atoms with Crippen molar-refractivity contribution < 1.29 is 19.0 Å². The van der Waals surface area contributed by atoms with Crippen molar-refractivity contribution in [1.82, 2.24) is 0 Å². The molecule has 1 aromatic rings. The highest BCUT2D eigenvalue weighted by Crippen LogP contribution is 2.23. The first-order valence-electron chi connectivity index (χ1n) is 5.95. The summed E-state index contributed by atoms with van der Waals surface area (Å²) in [6, 6.07) is 4.68. The van der Waals surface area contributed by atoms with Crippen molar-refractivity contribution in [3.8, 4) is 5.75 Å². The Labute approximate surface area is 107 Å². The van der Waals surface area contributed by atoms with Crippen LogP contribution in [0.2, 0.25) is 0 Å². The molecule has 0 saturated carbocycles. The van der Waals surface area contributed by atoms with Gasteiger partial charge in [0.1, 0.15) is 0 Å². The van der Waals surface area contributed by atoms with Crippen molar-refractivity contribution in [3.05, 3.63) is 29.6 Å². The van der Waals surface area contributed by atoms with E-state index in [1.807, 2.05) is 6.92 Å². The molecular weight excluding hydrogens is 235 g/mol. The maximum Gasteiger partial charge on any atom is 0.309 e. The van der Waals surface area contributed by atoms with Crippen LogP contribution in [0.4, 0.5) is 4.39 Å². The summed E-state index contributed by atoms with van der Waals surface area (Å²) in [6.07, 6.45) is 1.07. The van der Waals surface area contributed by atoms with E-state index in [0.29, 0.717) is 19.4 Å². The molecule has 0 aromatic heterocycles. The number of aryl methyl sites for hydroxylation is 1. The number of aliphatic carboxylic acids is 1. The van der Waals surface area contributed by atoms with Crippen LogP contribution in [0.25, 0.3) is 0 Å². The van der Waals surface area contributed by atoms with Gasteiger partial charge >= 0.3 is 5.97 Å². The molecule has 1 rings (SSSR count). The zero-order valence-corrected chi connectivity index (χ0v) is 11.0. The van der Waals surface area contributed by atoms with Crippen LogP contribution >= 0.6 is 0 Å². The molecule has 18 heavy (non-hydrogen) atoms. The van der Waals surface area contributed by atoms with Crippen LogP contribution < -0.4 is 4.74 Å². The second kappa shape index (κ2) is 5.85. The maximum absolute atomic E-state index is 13.3. The molecule has 0 atom stereocenters. The van der Waals surface area contributed by atoms with Gasteiger partial charge in [0, 0.05) is 0 Å². The van der Waals surface area contributed by atoms with Gasteiger partial charge in [0.25, 0.3) is 0 Å². The quantitative estimate of drug-likeness (QED) is 0.791. The Bertz CT molecular complexity index is 427. The van der Waals surface area contributed by atoms with Crippen molar-refractivity contribution in [1.29, 1.82) is 0 Å². The number of halogens is 1. The van der Waals surface area contributed by atoms with E-state index in [1.165, 1.54) is 6.07 Å². The number of rotatable bonds is 6. The van der Waals surface area contributed by atoms with Crippen molar-refractivity contribution in [2.45, 2.75) is 33.6 Å². The van der Waals surface area contributed by atoms with Crippen LogP contribution in [-0.2, 0) is 4.79 Å². The van der Waals surface area contributed by atoms with E-state index in [9.17, 15) is 9.18 Å². The molecule has 0 fully saturated rings. The Hall–Kier alpha value is -1.58. The number of carboxylic acids is 1. The highest BCUT2D eigenvalue weighted by Gasteiger charge is 2.26. The Balaban J connectivity index is 2.43. The molecule has 0 amide bonds. The van der Waals surface area contributed by atoms with Crippen molar-refractivity contribution >= 4 is 5.97 Å². The SMILES string of the molecule is Cc1ccc(F)c(OCCCC(C)(C)C(=O)O)c1. The normalized spacial score (nSPS) is 11.3. The Kier molecular flexibility index (Phi) is 4.70. The lowest BCUT2D eigenvalue weighted by molar-refractivity contribution is -0.147. The fourth-order valence-corrected chi connectivity index (χ4v) is 1.52. The molecule has 0 radical (unpaired) electrons. The van der Waals surface area contributed by atoms with E-state index in [1.54, 1.807) is 26.0 Å². The molecule has 0 saturated heterocycles. The molecule has 1 aromatic carbocycles. The fourth-order valence-electron chi connectivity index (χ4n) is 1.52. The average molecular weight is 254 g/mol. The lowest BCUT2D eigenvalue weighted by Crippen LogP contribution is -2.24. The minimum atomic E-state index is -0.829. The lowest BCUT2D eigenvalue weighted by Gasteiger charge is -2.18. The van der Waals surface area contributed by atoms with E-state index >= 15 is 0 Å². The summed E-state index contributed by atoms with van der Waals surface area (Å²) in [5.41, 5.74) is 0.159. The topological polar surface area (TPSA) is 46.5 Å².